The Morgan fingerprint density at radius 2 is 1.93 bits per heavy atom. The van der Waals surface area contributed by atoms with Gasteiger partial charge in [-0.2, -0.15) is 0 Å². The van der Waals surface area contributed by atoms with Crippen LogP contribution in [-0.2, 0) is 7.05 Å². The molecule has 8 heteroatoms. The lowest BCUT2D eigenvalue weighted by Gasteiger charge is -2.32. The Hall–Kier alpha value is -3.06. The molecule has 0 amide bonds. The predicted octanol–water partition coefficient (Wildman–Crippen LogP) is 4.13. The molecule has 1 aliphatic rings. The quantitative estimate of drug-likeness (QED) is 0.487. The Balaban J connectivity index is 1.45. The smallest absolute Gasteiger partial charge is 0.252 e. The summed E-state index contributed by atoms with van der Waals surface area (Å²) in [5.74, 6) is 0.865. The van der Waals surface area contributed by atoms with Crippen LogP contribution in [0.2, 0.25) is 5.15 Å². The summed E-state index contributed by atoms with van der Waals surface area (Å²) in [6.45, 7) is 3.52. The highest BCUT2D eigenvalue weighted by atomic mass is 35.5. The van der Waals surface area contributed by atoms with Crippen LogP contribution < -0.4 is 10.5 Å². The summed E-state index contributed by atoms with van der Waals surface area (Å²) in [6, 6.07) is 9.10. The Morgan fingerprint density at radius 3 is 2.70 bits per heavy atom. The number of piperidine rings is 1. The summed E-state index contributed by atoms with van der Waals surface area (Å²) in [7, 11) is 1.66. The number of aromatic nitrogens is 3. The van der Waals surface area contributed by atoms with Crippen molar-refractivity contribution < 1.29 is 9.52 Å². The zero-order valence-electron chi connectivity index (χ0n) is 16.7. The molecule has 0 bridgehead atoms. The summed E-state index contributed by atoms with van der Waals surface area (Å²) >= 11 is 6.06. The number of hydrogen-bond acceptors (Lipinski definition) is 6. The van der Waals surface area contributed by atoms with E-state index >= 15 is 0 Å². The van der Waals surface area contributed by atoms with Gasteiger partial charge in [0.15, 0.2) is 22.4 Å². The minimum atomic E-state index is -0.155. The van der Waals surface area contributed by atoms with Crippen molar-refractivity contribution >= 4 is 39.4 Å². The van der Waals surface area contributed by atoms with Crippen molar-refractivity contribution in [1.82, 2.24) is 14.5 Å². The van der Waals surface area contributed by atoms with Crippen molar-refractivity contribution in [2.75, 3.05) is 18.0 Å². The number of aromatic hydroxyl groups is 1. The van der Waals surface area contributed by atoms with Crippen LogP contribution in [0.5, 0.6) is 5.75 Å². The van der Waals surface area contributed by atoms with Crippen molar-refractivity contribution in [2.45, 2.75) is 25.7 Å². The highest BCUT2D eigenvalue weighted by molar-refractivity contribution is 6.31. The van der Waals surface area contributed by atoms with Gasteiger partial charge in [-0.3, -0.25) is 4.79 Å². The van der Waals surface area contributed by atoms with E-state index < -0.39 is 0 Å². The molecule has 0 atom stereocenters. The monoisotopic (exact) mass is 424 g/mol. The molecule has 1 aliphatic heterocycles. The van der Waals surface area contributed by atoms with Crippen LogP contribution >= 0.6 is 11.6 Å². The number of halogens is 1. The van der Waals surface area contributed by atoms with Gasteiger partial charge in [-0.25, -0.2) is 9.97 Å². The maximum absolute atomic E-state index is 12.5. The third kappa shape index (κ3) is 3.10. The number of benzene rings is 1. The molecule has 0 aliphatic carbocycles. The fraction of sp³-hybridized carbons (Fsp3) is 0.318. The number of rotatable bonds is 2. The molecule has 0 saturated carbocycles. The van der Waals surface area contributed by atoms with E-state index in [0.29, 0.717) is 11.0 Å². The minimum absolute atomic E-state index is 0.0269. The molecule has 4 heterocycles. The van der Waals surface area contributed by atoms with E-state index in [1.54, 1.807) is 13.1 Å². The van der Waals surface area contributed by atoms with E-state index in [2.05, 4.69) is 9.88 Å². The van der Waals surface area contributed by atoms with Gasteiger partial charge in [0.2, 0.25) is 0 Å². The second kappa shape index (κ2) is 7.02. The van der Waals surface area contributed by atoms with Gasteiger partial charge in [0, 0.05) is 38.2 Å². The minimum Gasteiger partial charge on any atom is -0.505 e. The number of fused-ring (bicyclic) bond motifs is 2. The largest absolute Gasteiger partial charge is 0.505 e. The van der Waals surface area contributed by atoms with E-state index in [-0.39, 0.29) is 22.4 Å². The van der Waals surface area contributed by atoms with Crippen molar-refractivity contribution in [2.24, 2.45) is 7.05 Å². The molecule has 1 aromatic carbocycles. The van der Waals surface area contributed by atoms with Crippen molar-refractivity contribution in [1.29, 1.82) is 0 Å². The van der Waals surface area contributed by atoms with Gasteiger partial charge in [0.25, 0.3) is 5.56 Å². The molecule has 1 N–H and O–H groups in total. The summed E-state index contributed by atoms with van der Waals surface area (Å²) in [5, 5.41) is 9.96. The van der Waals surface area contributed by atoms with Crippen molar-refractivity contribution in [3.63, 3.8) is 0 Å². The lowest BCUT2D eigenvalue weighted by Crippen LogP contribution is -2.34. The fourth-order valence-electron chi connectivity index (χ4n) is 4.15. The molecule has 1 saturated heterocycles. The second-order valence-electron chi connectivity index (χ2n) is 7.88. The van der Waals surface area contributed by atoms with Crippen molar-refractivity contribution in [3.05, 3.63) is 57.3 Å². The Kier molecular flexibility index (Phi) is 4.43. The predicted molar refractivity (Wildman–Crippen MR) is 117 cm³/mol. The third-order valence-electron chi connectivity index (χ3n) is 5.88. The molecule has 30 heavy (non-hydrogen) atoms. The average Bonchev–Trinajstić information content (AvgIpc) is 3.15. The maximum atomic E-state index is 12.5. The number of aryl methyl sites for hydroxylation is 2. The standard InChI is InChI=1S/C22H21ClN4O3/c1-12-3-4-18-14(9-12)24-22(30-18)13-5-7-27(8-6-13)16-11-19(29)26(2)15-10-17(28)21(23)25-20(15)16/h3-4,9-11,13,28H,5-8H2,1-2H3. The average molecular weight is 425 g/mol. The number of anilines is 1. The molecule has 154 valence electrons. The molecule has 0 unspecified atom stereocenters. The summed E-state index contributed by atoms with van der Waals surface area (Å²) in [6.07, 6.45) is 1.71. The van der Waals surface area contributed by atoms with Crippen LogP contribution in [0.25, 0.3) is 22.1 Å². The topological polar surface area (TPSA) is 84.4 Å². The Labute approximate surface area is 177 Å². The van der Waals surface area contributed by atoms with Crippen molar-refractivity contribution in [3.8, 4) is 5.75 Å². The molecule has 5 rings (SSSR count). The normalized spacial score (nSPS) is 15.4. The van der Waals surface area contributed by atoms with E-state index in [9.17, 15) is 9.90 Å². The zero-order chi connectivity index (χ0) is 21.0. The number of oxazole rings is 1. The number of hydrogen-bond donors (Lipinski definition) is 1. The van der Waals surface area contributed by atoms with Gasteiger partial charge in [0.05, 0.1) is 11.2 Å². The Bertz CT molecular complexity index is 1340. The first-order valence-corrected chi connectivity index (χ1v) is 10.3. The molecule has 3 aromatic heterocycles. The van der Waals surface area contributed by atoms with E-state index in [4.69, 9.17) is 21.0 Å². The van der Waals surface area contributed by atoms with Gasteiger partial charge in [-0.15, -0.1) is 0 Å². The highest BCUT2D eigenvalue weighted by Crippen LogP contribution is 2.35. The summed E-state index contributed by atoms with van der Waals surface area (Å²) in [4.78, 5) is 23.7. The molecule has 1 fully saturated rings. The molecule has 0 spiro atoms. The zero-order valence-corrected chi connectivity index (χ0v) is 17.5. The first kappa shape index (κ1) is 18.9. The summed E-state index contributed by atoms with van der Waals surface area (Å²) in [5.41, 5.74) is 4.61. The van der Waals surface area contributed by atoms with E-state index in [1.807, 2.05) is 25.1 Å². The molecular formula is C22H21ClN4O3. The molecular weight excluding hydrogens is 404 g/mol. The van der Waals surface area contributed by atoms with Gasteiger partial charge >= 0.3 is 0 Å². The summed E-state index contributed by atoms with van der Waals surface area (Å²) < 4.78 is 7.46. The molecule has 4 aromatic rings. The lowest BCUT2D eigenvalue weighted by molar-refractivity contribution is 0.407. The van der Waals surface area contributed by atoms with Crippen LogP contribution in [0.3, 0.4) is 0 Å². The van der Waals surface area contributed by atoms with Crippen LogP contribution in [0, 0.1) is 6.92 Å². The van der Waals surface area contributed by atoms with Crippen LogP contribution in [0.15, 0.2) is 39.5 Å². The third-order valence-corrected chi connectivity index (χ3v) is 6.15. The number of nitrogens with zero attached hydrogens (tertiary/aromatic N) is 4. The number of pyridine rings is 2. The van der Waals surface area contributed by atoms with E-state index in [1.165, 1.54) is 10.6 Å². The molecule has 7 nitrogen and oxygen atoms in total. The van der Waals surface area contributed by atoms with Crippen LogP contribution in [0.4, 0.5) is 5.69 Å². The first-order chi connectivity index (χ1) is 14.4. The van der Waals surface area contributed by atoms with Gasteiger partial charge in [-0.05, 0) is 37.5 Å². The van der Waals surface area contributed by atoms with Gasteiger partial charge < -0.3 is 19.0 Å². The van der Waals surface area contributed by atoms with Gasteiger partial charge in [0.1, 0.15) is 11.0 Å². The first-order valence-electron chi connectivity index (χ1n) is 9.92. The van der Waals surface area contributed by atoms with E-state index in [0.717, 1.165) is 54.2 Å². The van der Waals surface area contributed by atoms with Gasteiger partial charge in [-0.1, -0.05) is 17.7 Å². The maximum Gasteiger partial charge on any atom is 0.252 e. The fourth-order valence-corrected chi connectivity index (χ4v) is 4.29. The van der Waals surface area contributed by atoms with Crippen LogP contribution in [-0.4, -0.2) is 32.7 Å². The lowest BCUT2D eigenvalue weighted by atomic mass is 9.96. The van der Waals surface area contributed by atoms with Crippen LogP contribution in [0.1, 0.15) is 30.2 Å². The second-order valence-corrected chi connectivity index (χ2v) is 8.24. The highest BCUT2D eigenvalue weighted by Gasteiger charge is 2.27. The SMILES string of the molecule is Cc1ccc2oc(C3CCN(c4cc(=O)n(C)c5cc(O)c(Cl)nc45)CC3)nc2c1. The molecule has 0 radical (unpaired) electrons. The Morgan fingerprint density at radius 1 is 1.17 bits per heavy atom.